The summed E-state index contributed by atoms with van der Waals surface area (Å²) < 4.78 is 9.82. The first-order valence-electron chi connectivity index (χ1n) is 7.17. The lowest BCUT2D eigenvalue weighted by Gasteiger charge is -2.20. The van der Waals surface area contributed by atoms with Crippen molar-refractivity contribution < 1.29 is 19.1 Å². The maximum absolute atomic E-state index is 11.5. The third-order valence-electron chi connectivity index (χ3n) is 2.65. The predicted molar refractivity (Wildman–Crippen MR) is 73.8 cm³/mol. The van der Waals surface area contributed by atoms with Crippen molar-refractivity contribution in [3.8, 4) is 0 Å². The normalized spacial score (nSPS) is 10.5. The lowest BCUT2D eigenvalue weighted by atomic mass is 10.2. The Morgan fingerprint density at radius 2 is 1.47 bits per heavy atom. The van der Waals surface area contributed by atoms with E-state index < -0.39 is 0 Å². The number of rotatable bonds is 11. The molecule has 0 heterocycles. The molecule has 0 bridgehead atoms. The second-order valence-electron chi connectivity index (χ2n) is 4.34. The molecule has 0 N–H and O–H groups in total. The van der Waals surface area contributed by atoms with E-state index in [0.717, 1.165) is 25.9 Å². The van der Waals surface area contributed by atoms with Gasteiger partial charge in [0.05, 0.1) is 19.8 Å². The van der Waals surface area contributed by atoms with E-state index in [1.54, 1.807) is 13.8 Å². The fourth-order valence-electron chi connectivity index (χ4n) is 1.72. The van der Waals surface area contributed by atoms with E-state index in [1.165, 1.54) is 0 Å². The minimum Gasteiger partial charge on any atom is -0.466 e. The van der Waals surface area contributed by atoms with Crippen LogP contribution >= 0.6 is 0 Å². The fraction of sp³-hybridized carbons (Fsp3) is 0.857. The zero-order chi connectivity index (χ0) is 14.5. The molecule has 0 aromatic heterocycles. The molecule has 0 aromatic rings. The van der Waals surface area contributed by atoms with Crippen molar-refractivity contribution in [1.82, 2.24) is 4.90 Å². The van der Waals surface area contributed by atoms with Crippen LogP contribution in [-0.2, 0) is 19.1 Å². The Labute approximate surface area is 116 Å². The van der Waals surface area contributed by atoms with Gasteiger partial charge in [-0.3, -0.25) is 14.5 Å². The molecule has 0 aliphatic rings. The fourth-order valence-corrected chi connectivity index (χ4v) is 1.72. The van der Waals surface area contributed by atoms with Gasteiger partial charge in [-0.2, -0.15) is 0 Å². The number of esters is 2. The first-order valence-corrected chi connectivity index (χ1v) is 7.17. The monoisotopic (exact) mass is 273 g/mol. The topological polar surface area (TPSA) is 55.8 Å². The van der Waals surface area contributed by atoms with Crippen LogP contribution in [0.5, 0.6) is 0 Å². The van der Waals surface area contributed by atoms with Crippen LogP contribution in [-0.4, -0.2) is 49.7 Å². The molecule has 19 heavy (non-hydrogen) atoms. The summed E-state index contributed by atoms with van der Waals surface area (Å²) in [5.74, 6) is -0.371. The Bertz CT molecular complexity index is 256. The molecule has 5 nitrogen and oxygen atoms in total. The van der Waals surface area contributed by atoms with Crippen LogP contribution in [0.25, 0.3) is 0 Å². The highest BCUT2D eigenvalue weighted by Crippen LogP contribution is 2.01. The van der Waals surface area contributed by atoms with E-state index in [0.29, 0.717) is 32.6 Å². The number of ether oxygens (including phenoxy) is 2. The number of nitrogens with zero attached hydrogens (tertiary/aromatic N) is 1. The van der Waals surface area contributed by atoms with Crippen molar-refractivity contribution >= 4 is 11.9 Å². The Balaban J connectivity index is 3.97. The largest absolute Gasteiger partial charge is 0.466 e. The highest BCUT2D eigenvalue weighted by molar-refractivity contribution is 5.71. The molecular formula is C14H27NO4. The van der Waals surface area contributed by atoms with Crippen molar-refractivity contribution in [3.63, 3.8) is 0 Å². The summed E-state index contributed by atoms with van der Waals surface area (Å²) in [7, 11) is 0. The minimum atomic E-state index is -0.199. The summed E-state index contributed by atoms with van der Waals surface area (Å²) in [6.07, 6.45) is 3.23. The maximum Gasteiger partial charge on any atom is 0.320 e. The average Bonchev–Trinajstić information content (AvgIpc) is 2.36. The molecule has 0 aliphatic heterocycles. The third-order valence-corrected chi connectivity index (χ3v) is 2.65. The molecular weight excluding hydrogens is 246 g/mol. The van der Waals surface area contributed by atoms with Crippen molar-refractivity contribution in [2.75, 3.05) is 32.8 Å². The first kappa shape index (κ1) is 17.9. The molecule has 0 radical (unpaired) electrons. The standard InChI is InChI=1S/C14H27NO4/c1-4-7-10-15(12-14(17)19-6-3)11-8-9-13(16)18-5-2/h4-12H2,1-3H3. The van der Waals surface area contributed by atoms with E-state index >= 15 is 0 Å². The third kappa shape index (κ3) is 10.5. The SMILES string of the molecule is CCCCN(CCCC(=O)OCC)CC(=O)OCC. The second kappa shape index (κ2) is 12.0. The molecule has 0 spiro atoms. The second-order valence-corrected chi connectivity index (χ2v) is 4.34. The molecule has 112 valence electrons. The number of carbonyl (C=O) groups is 2. The van der Waals surface area contributed by atoms with Crippen molar-refractivity contribution in [3.05, 3.63) is 0 Å². The van der Waals surface area contributed by atoms with Gasteiger partial charge < -0.3 is 9.47 Å². The van der Waals surface area contributed by atoms with E-state index in [1.807, 2.05) is 4.90 Å². The smallest absolute Gasteiger partial charge is 0.320 e. The van der Waals surface area contributed by atoms with Gasteiger partial charge in [0.1, 0.15) is 0 Å². The van der Waals surface area contributed by atoms with Gasteiger partial charge in [-0.1, -0.05) is 13.3 Å². The summed E-state index contributed by atoms with van der Waals surface area (Å²) in [6, 6.07) is 0. The van der Waals surface area contributed by atoms with E-state index in [-0.39, 0.29) is 11.9 Å². The zero-order valence-corrected chi connectivity index (χ0v) is 12.4. The van der Waals surface area contributed by atoms with Crippen molar-refractivity contribution in [2.24, 2.45) is 0 Å². The van der Waals surface area contributed by atoms with Gasteiger partial charge in [0.2, 0.25) is 0 Å². The van der Waals surface area contributed by atoms with Crippen LogP contribution in [0.15, 0.2) is 0 Å². The lowest BCUT2D eigenvalue weighted by molar-refractivity contribution is -0.144. The molecule has 0 aromatic carbocycles. The van der Waals surface area contributed by atoms with Gasteiger partial charge in [-0.05, 0) is 39.8 Å². The highest BCUT2D eigenvalue weighted by Gasteiger charge is 2.12. The van der Waals surface area contributed by atoms with E-state index in [9.17, 15) is 9.59 Å². The zero-order valence-electron chi connectivity index (χ0n) is 12.4. The maximum atomic E-state index is 11.5. The molecule has 0 atom stereocenters. The summed E-state index contributed by atoms with van der Waals surface area (Å²) in [6.45, 7) is 8.42. The molecule has 0 amide bonds. The van der Waals surface area contributed by atoms with Gasteiger partial charge >= 0.3 is 11.9 Å². The van der Waals surface area contributed by atoms with Gasteiger partial charge in [-0.25, -0.2) is 0 Å². The Hall–Kier alpha value is -1.10. The summed E-state index contributed by atoms with van der Waals surface area (Å²) in [4.78, 5) is 24.7. The molecule has 0 rings (SSSR count). The van der Waals surface area contributed by atoms with Crippen molar-refractivity contribution in [2.45, 2.75) is 46.5 Å². The molecule has 0 saturated heterocycles. The van der Waals surface area contributed by atoms with Gasteiger partial charge in [0, 0.05) is 6.42 Å². The summed E-state index contributed by atoms with van der Waals surface area (Å²) in [5.41, 5.74) is 0. The molecule has 0 fully saturated rings. The van der Waals surface area contributed by atoms with Crippen LogP contribution in [0.4, 0.5) is 0 Å². The van der Waals surface area contributed by atoms with Crippen LogP contribution in [0.2, 0.25) is 0 Å². The van der Waals surface area contributed by atoms with Crippen molar-refractivity contribution in [1.29, 1.82) is 0 Å². The van der Waals surface area contributed by atoms with Gasteiger partial charge in [-0.15, -0.1) is 0 Å². The molecule has 0 saturated carbocycles. The van der Waals surface area contributed by atoms with Gasteiger partial charge in [0.15, 0.2) is 0 Å². The van der Waals surface area contributed by atoms with Crippen LogP contribution < -0.4 is 0 Å². The quantitative estimate of drug-likeness (QED) is 0.539. The van der Waals surface area contributed by atoms with Crippen LogP contribution in [0, 0.1) is 0 Å². The van der Waals surface area contributed by atoms with Crippen LogP contribution in [0.3, 0.4) is 0 Å². The van der Waals surface area contributed by atoms with Crippen LogP contribution in [0.1, 0.15) is 46.5 Å². The van der Waals surface area contributed by atoms with E-state index in [2.05, 4.69) is 6.92 Å². The number of carbonyl (C=O) groups excluding carboxylic acids is 2. The highest BCUT2D eigenvalue weighted by atomic mass is 16.5. The predicted octanol–water partition coefficient (Wildman–Crippen LogP) is 1.99. The first-order chi connectivity index (χ1) is 9.13. The Morgan fingerprint density at radius 3 is 2.05 bits per heavy atom. The minimum absolute atomic E-state index is 0.172. The Morgan fingerprint density at radius 1 is 0.895 bits per heavy atom. The Kier molecular flexibility index (Phi) is 11.3. The number of unbranched alkanes of at least 4 members (excludes halogenated alkanes) is 1. The lowest BCUT2D eigenvalue weighted by Crippen LogP contribution is -2.33. The average molecular weight is 273 g/mol. The summed E-state index contributed by atoms with van der Waals surface area (Å²) >= 11 is 0. The van der Waals surface area contributed by atoms with Gasteiger partial charge in [0.25, 0.3) is 0 Å². The molecule has 0 unspecified atom stereocenters. The molecule has 5 heteroatoms. The van der Waals surface area contributed by atoms with E-state index in [4.69, 9.17) is 9.47 Å². The number of hydrogen-bond donors (Lipinski definition) is 0. The number of hydrogen-bond acceptors (Lipinski definition) is 5. The molecule has 0 aliphatic carbocycles. The summed E-state index contributed by atoms with van der Waals surface area (Å²) in [5, 5.41) is 0.